The number of hydrogen-bond donors (Lipinski definition) is 2. The Bertz CT molecular complexity index is 392. The van der Waals surface area contributed by atoms with Gasteiger partial charge in [-0.1, -0.05) is 25.5 Å². The van der Waals surface area contributed by atoms with E-state index < -0.39 is 0 Å². The SMILES string of the molecule is CCCC(C)NC(=O)CNC(C)c1ccc(F)cc1. The zero-order valence-corrected chi connectivity index (χ0v) is 11.9. The van der Waals surface area contributed by atoms with Crippen molar-refractivity contribution in [1.29, 1.82) is 0 Å². The van der Waals surface area contributed by atoms with Gasteiger partial charge in [0.25, 0.3) is 0 Å². The van der Waals surface area contributed by atoms with Gasteiger partial charge in [0.1, 0.15) is 5.82 Å². The zero-order chi connectivity index (χ0) is 14.3. The molecular weight excluding hydrogens is 243 g/mol. The molecule has 0 spiro atoms. The normalized spacial score (nSPS) is 13.9. The molecule has 2 N–H and O–H groups in total. The van der Waals surface area contributed by atoms with Crippen LogP contribution in [0.2, 0.25) is 0 Å². The standard InChI is InChI=1S/C15H23FN2O/c1-4-5-11(2)18-15(19)10-17-12(3)13-6-8-14(16)9-7-13/h6-9,11-12,17H,4-5,10H2,1-3H3,(H,18,19). The van der Waals surface area contributed by atoms with Crippen LogP contribution in [0.25, 0.3) is 0 Å². The summed E-state index contributed by atoms with van der Waals surface area (Å²) in [5, 5.41) is 6.07. The number of benzene rings is 1. The van der Waals surface area contributed by atoms with Crippen molar-refractivity contribution in [3.63, 3.8) is 0 Å². The predicted molar refractivity (Wildman–Crippen MR) is 75.3 cm³/mol. The molecule has 1 amide bonds. The Kier molecular flexibility index (Phi) is 6.50. The fourth-order valence-corrected chi connectivity index (χ4v) is 1.95. The van der Waals surface area contributed by atoms with Crippen LogP contribution in [0.4, 0.5) is 4.39 Å². The van der Waals surface area contributed by atoms with Gasteiger partial charge in [0.15, 0.2) is 0 Å². The fraction of sp³-hybridized carbons (Fsp3) is 0.533. The van der Waals surface area contributed by atoms with Gasteiger partial charge in [-0.15, -0.1) is 0 Å². The lowest BCUT2D eigenvalue weighted by molar-refractivity contribution is -0.121. The van der Waals surface area contributed by atoms with E-state index in [1.54, 1.807) is 12.1 Å². The molecule has 0 aliphatic rings. The first-order valence-corrected chi connectivity index (χ1v) is 6.81. The van der Waals surface area contributed by atoms with E-state index in [0.29, 0.717) is 0 Å². The molecule has 2 unspecified atom stereocenters. The molecule has 0 heterocycles. The van der Waals surface area contributed by atoms with Gasteiger partial charge in [0.05, 0.1) is 6.54 Å². The number of hydrogen-bond acceptors (Lipinski definition) is 2. The molecular formula is C15H23FN2O. The molecule has 0 aliphatic heterocycles. The lowest BCUT2D eigenvalue weighted by Gasteiger charge is -2.16. The maximum Gasteiger partial charge on any atom is 0.234 e. The first-order chi connectivity index (χ1) is 9.02. The predicted octanol–water partition coefficient (Wildman–Crippen LogP) is 2.78. The minimum absolute atomic E-state index is 0.00471. The van der Waals surface area contributed by atoms with Gasteiger partial charge in [-0.25, -0.2) is 4.39 Å². The summed E-state index contributed by atoms with van der Waals surface area (Å²) in [6, 6.07) is 6.54. The van der Waals surface area contributed by atoms with Crippen molar-refractivity contribution in [1.82, 2.24) is 10.6 Å². The molecule has 0 saturated carbocycles. The van der Waals surface area contributed by atoms with Crippen LogP contribution in [-0.4, -0.2) is 18.5 Å². The molecule has 0 bridgehead atoms. The molecule has 0 saturated heterocycles. The highest BCUT2D eigenvalue weighted by molar-refractivity contribution is 5.78. The third kappa shape index (κ3) is 5.83. The van der Waals surface area contributed by atoms with Gasteiger partial charge in [-0.2, -0.15) is 0 Å². The zero-order valence-electron chi connectivity index (χ0n) is 11.9. The topological polar surface area (TPSA) is 41.1 Å². The van der Waals surface area contributed by atoms with E-state index in [-0.39, 0.29) is 30.4 Å². The van der Waals surface area contributed by atoms with E-state index in [1.807, 2.05) is 13.8 Å². The molecule has 0 aromatic heterocycles. The Hall–Kier alpha value is -1.42. The lowest BCUT2D eigenvalue weighted by atomic mass is 10.1. The highest BCUT2D eigenvalue weighted by Gasteiger charge is 2.09. The Morgan fingerprint density at radius 2 is 1.89 bits per heavy atom. The Labute approximate surface area is 114 Å². The van der Waals surface area contributed by atoms with Gasteiger partial charge in [0.2, 0.25) is 5.91 Å². The van der Waals surface area contributed by atoms with Crippen LogP contribution in [0.5, 0.6) is 0 Å². The van der Waals surface area contributed by atoms with Crippen LogP contribution < -0.4 is 10.6 Å². The molecule has 1 aromatic rings. The average molecular weight is 266 g/mol. The summed E-state index contributed by atoms with van der Waals surface area (Å²) >= 11 is 0. The van der Waals surface area contributed by atoms with Crippen molar-refractivity contribution in [2.75, 3.05) is 6.54 Å². The van der Waals surface area contributed by atoms with Crippen LogP contribution in [-0.2, 0) is 4.79 Å². The summed E-state index contributed by atoms with van der Waals surface area (Å²) in [5.41, 5.74) is 0.968. The van der Waals surface area contributed by atoms with Gasteiger partial charge >= 0.3 is 0 Å². The summed E-state index contributed by atoms with van der Waals surface area (Å²) in [4.78, 5) is 11.7. The van der Waals surface area contributed by atoms with Crippen molar-refractivity contribution >= 4 is 5.91 Å². The number of rotatable bonds is 7. The van der Waals surface area contributed by atoms with E-state index in [0.717, 1.165) is 18.4 Å². The van der Waals surface area contributed by atoms with Crippen molar-refractivity contribution in [3.8, 4) is 0 Å². The van der Waals surface area contributed by atoms with E-state index in [1.165, 1.54) is 12.1 Å². The number of carbonyl (C=O) groups is 1. The van der Waals surface area contributed by atoms with Gasteiger partial charge in [-0.3, -0.25) is 4.79 Å². The Morgan fingerprint density at radius 1 is 1.26 bits per heavy atom. The minimum Gasteiger partial charge on any atom is -0.353 e. The first kappa shape index (κ1) is 15.6. The van der Waals surface area contributed by atoms with Crippen LogP contribution in [0.15, 0.2) is 24.3 Å². The third-order valence-electron chi connectivity index (χ3n) is 3.07. The molecule has 19 heavy (non-hydrogen) atoms. The van der Waals surface area contributed by atoms with E-state index in [9.17, 15) is 9.18 Å². The maximum absolute atomic E-state index is 12.8. The first-order valence-electron chi connectivity index (χ1n) is 6.81. The second-order valence-electron chi connectivity index (χ2n) is 4.91. The minimum atomic E-state index is -0.248. The Morgan fingerprint density at radius 3 is 2.47 bits per heavy atom. The molecule has 3 nitrogen and oxygen atoms in total. The number of halogens is 1. The molecule has 1 aromatic carbocycles. The third-order valence-corrected chi connectivity index (χ3v) is 3.07. The van der Waals surface area contributed by atoms with Crippen molar-refractivity contribution < 1.29 is 9.18 Å². The van der Waals surface area contributed by atoms with Crippen molar-refractivity contribution in [2.24, 2.45) is 0 Å². The summed E-state index contributed by atoms with van der Waals surface area (Å²) in [6.07, 6.45) is 2.04. The smallest absolute Gasteiger partial charge is 0.234 e. The summed E-state index contributed by atoms with van der Waals surface area (Å²) in [7, 11) is 0. The molecule has 2 atom stereocenters. The van der Waals surface area contributed by atoms with Crippen LogP contribution >= 0.6 is 0 Å². The summed E-state index contributed by atoms with van der Waals surface area (Å²) in [5.74, 6) is -0.253. The van der Waals surface area contributed by atoms with Gasteiger partial charge in [0, 0.05) is 12.1 Å². The van der Waals surface area contributed by atoms with Crippen molar-refractivity contribution in [3.05, 3.63) is 35.6 Å². The molecule has 106 valence electrons. The number of amides is 1. The average Bonchev–Trinajstić information content (AvgIpc) is 2.37. The largest absolute Gasteiger partial charge is 0.353 e. The molecule has 0 aliphatic carbocycles. The number of nitrogens with one attached hydrogen (secondary N) is 2. The highest BCUT2D eigenvalue weighted by Crippen LogP contribution is 2.12. The Balaban J connectivity index is 2.35. The highest BCUT2D eigenvalue weighted by atomic mass is 19.1. The second-order valence-corrected chi connectivity index (χ2v) is 4.91. The van der Waals surface area contributed by atoms with Gasteiger partial charge < -0.3 is 10.6 Å². The molecule has 0 fully saturated rings. The lowest BCUT2D eigenvalue weighted by Crippen LogP contribution is -2.39. The second kappa shape index (κ2) is 7.89. The molecule has 1 rings (SSSR count). The van der Waals surface area contributed by atoms with Crippen LogP contribution in [0, 0.1) is 5.82 Å². The van der Waals surface area contributed by atoms with E-state index in [2.05, 4.69) is 17.6 Å². The van der Waals surface area contributed by atoms with Crippen LogP contribution in [0.1, 0.15) is 45.2 Å². The fourth-order valence-electron chi connectivity index (χ4n) is 1.95. The quantitative estimate of drug-likeness (QED) is 0.796. The molecule has 0 radical (unpaired) electrons. The van der Waals surface area contributed by atoms with Gasteiger partial charge in [-0.05, 0) is 38.0 Å². The number of carbonyl (C=O) groups excluding carboxylic acids is 1. The molecule has 4 heteroatoms. The van der Waals surface area contributed by atoms with E-state index in [4.69, 9.17) is 0 Å². The summed E-state index contributed by atoms with van der Waals surface area (Å²) < 4.78 is 12.8. The monoisotopic (exact) mass is 266 g/mol. The van der Waals surface area contributed by atoms with E-state index >= 15 is 0 Å². The maximum atomic E-state index is 12.8. The van der Waals surface area contributed by atoms with Crippen LogP contribution in [0.3, 0.4) is 0 Å². The van der Waals surface area contributed by atoms with Crippen molar-refractivity contribution in [2.45, 2.75) is 45.7 Å². The summed E-state index contributed by atoms with van der Waals surface area (Å²) in [6.45, 7) is 6.32.